The zero-order valence-electron chi connectivity index (χ0n) is 10.2. The smallest absolute Gasteiger partial charge is 0.162 e. The van der Waals surface area contributed by atoms with Crippen molar-refractivity contribution in [3.05, 3.63) is 39.0 Å². The molecule has 18 heavy (non-hydrogen) atoms. The van der Waals surface area contributed by atoms with Crippen molar-refractivity contribution in [1.29, 1.82) is 0 Å². The van der Waals surface area contributed by atoms with Gasteiger partial charge in [-0.2, -0.15) is 11.3 Å². The molecule has 2 rings (SSSR count). The van der Waals surface area contributed by atoms with Gasteiger partial charge in [-0.25, -0.2) is 0 Å². The maximum Gasteiger partial charge on any atom is 0.162 e. The minimum absolute atomic E-state index is 0.729. The first-order valence-electron chi connectivity index (χ1n) is 5.41. The van der Waals surface area contributed by atoms with E-state index in [4.69, 9.17) is 9.47 Å². The Morgan fingerprint density at radius 1 is 1.17 bits per heavy atom. The molecule has 2 aromatic rings. The van der Waals surface area contributed by atoms with Crippen LogP contribution >= 0.6 is 27.3 Å². The highest BCUT2D eigenvalue weighted by Gasteiger charge is 2.05. The van der Waals surface area contributed by atoms with E-state index >= 15 is 0 Å². The van der Waals surface area contributed by atoms with Crippen molar-refractivity contribution < 1.29 is 9.47 Å². The number of benzene rings is 1. The summed E-state index contributed by atoms with van der Waals surface area (Å²) in [6.07, 6.45) is 0. The van der Waals surface area contributed by atoms with Gasteiger partial charge in [0.2, 0.25) is 0 Å². The lowest BCUT2D eigenvalue weighted by molar-refractivity contribution is 0.355. The molecule has 0 radical (unpaired) electrons. The van der Waals surface area contributed by atoms with Crippen LogP contribution in [0, 0.1) is 0 Å². The summed E-state index contributed by atoms with van der Waals surface area (Å²) in [5, 5.41) is 7.55. The summed E-state index contributed by atoms with van der Waals surface area (Å²) in [5.41, 5.74) is 2.25. The third kappa shape index (κ3) is 2.97. The maximum absolute atomic E-state index is 5.27. The molecule has 0 spiro atoms. The second-order valence-corrected chi connectivity index (χ2v) is 5.27. The van der Waals surface area contributed by atoms with Crippen LogP contribution in [-0.4, -0.2) is 14.2 Å². The fraction of sp³-hybridized carbons (Fsp3) is 0.231. The average molecular weight is 328 g/mol. The molecule has 0 unspecified atom stereocenters. The highest BCUT2D eigenvalue weighted by Crippen LogP contribution is 2.30. The molecule has 0 aliphatic carbocycles. The van der Waals surface area contributed by atoms with E-state index < -0.39 is 0 Å². The lowest BCUT2D eigenvalue weighted by atomic mass is 10.2. The summed E-state index contributed by atoms with van der Waals surface area (Å²) < 4.78 is 11.6. The molecule has 1 N–H and O–H groups in total. The monoisotopic (exact) mass is 327 g/mol. The Morgan fingerprint density at radius 2 is 1.94 bits per heavy atom. The van der Waals surface area contributed by atoms with E-state index in [0.717, 1.165) is 28.2 Å². The molecule has 0 saturated heterocycles. The van der Waals surface area contributed by atoms with Crippen molar-refractivity contribution in [3.8, 4) is 11.5 Å². The number of hydrogen-bond acceptors (Lipinski definition) is 4. The van der Waals surface area contributed by atoms with Crippen molar-refractivity contribution in [1.82, 2.24) is 0 Å². The predicted octanol–water partition coefficient (Wildman–Crippen LogP) is 4.14. The van der Waals surface area contributed by atoms with E-state index in [1.54, 1.807) is 25.6 Å². The van der Waals surface area contributed by atoms with Crippen LogP contribution in [0.2, 0.25) is 0 Å². The number of hydrogen-bond donors (Lipinski definition) is 1. The van der Waals surface area contributed by atoms with Gasteiger partial charge in [0.05, 0.1) is 14.2 Å². The second kappa shape index (κ2) is 6.11. The Bertz CT molecular complexity index is 527. The third-order valence-corrected chi connectivity index (χ3v) is 4.39. The number of nitrogens with one attached hydrogen (secondary N) is 1. The van der Waals surface area contributed by atoms with Crippen LogP contribution in [0.3, 0.4) is 0 Å². The molecule has 0 atom stereocenters. The summed E-state index contributed by atoms with van der Waals surface area (Å²) in [4.78, 5) is 0. The van der Waals surface area contributed by atoms with Crippen LogP contribution in [0.25, 0.3) is 0 Å². The normalized spacial score (nSPS) is 10.2. The van der Waals surface area contributed by atoms with Gasteiger partial charge >= 0.3 is 0 Å². The van der Waals surface area contributed by atoms with Crippen LogP contribution in [0.1, 0.15) is 5.56 Å². The highest BCUT2D eigenvalue weighted by molar-refractivity contribution is 9.10. The molecular weight excluding hydrogens is 314 g/mol. The van der Waals surface area contributed by atoms with Crippen molar-refractivity contribution in [2.75, 3.05) is 19.5 Å². The largest absolute Gasteiger partial charge is 0.493 e. The van der Waals surface area contributed by atoms with Crippen LogP contribution < -0.4 is 14.8 Å². The number of halogens is 1. The zero-order valence-corrected chi connectivity index (χ0v) is 12.6. The first kappa shape index (κ1) is 13.2. The minimum Gasteiger partial charge on any atom is -0.493 e. The van der Waals surface area contributed by atoms with Gasteiger partial charge in [0.1, 0.15) is 0 Å². The topological polar surface area (TPSA) is 30.5 Å². The summed E-state index contributed by atoms with van der Waals surface area (Å²) >= 11 is 5.20. The Labute approximate surface area is 119 Å². The van der Waals surface area contributed by atoms with Gasteiger partial charge in [0.25, 0.3) is 0 Å². The van der Waals surface area contributed by atoms with Crippen LogP contribution in [0.4, 0.5) is 5.69 Å². The molecule has 1 aromatic heterocycles. The third-order valence-electron chi connectivity index (χ3n) is 2.56. The van der Waals surface area contributed by atoms with E-state index in [9.17, 15) is 0 Å². The van der Waals surface area contributed by atoms with Crippen molar-refractivity contribution in [3.63, 3.8) is 0 Å². The van der Waals surface area contributed by atoms with Gasteiger partial charge in [0, 0.05) is 28.2 Å². The highest BCUT2D eigenvalue weighted by atomic mass is 79.9. The summed E-state index contributed by atoms with van der Waals surface area (Å²) in [5.74, 6) is 1.46. The summed E-state index contributed by atoms with van der Waals surface area (Å²) in [7, 11) is 3.27. The fourth-order valence-electron chi connectivity index (χ4n) is 1.58. The molecule has 0 aliphatic heterocycles. The van der Waals surface area contributed by atoms with E-state index in [0.29, 0.717) is 0 Å². The lowest BCUT2D eigenvalue weighted by Gasteiger charge is -2.11. The molecule has 3 nitrogen and oxygen atoms in total. The van der Waals surface area contributed by atoms with Gasteiger partial charge < -0.3 is 14.8 Å². The maximum atomic E-state index is 5.27. The molecule has 96 valence electrons. The Morgan fingerprint density at radius 3 is 2.56 bits per heavy atom. The standard InChI is InChI=1S/C13H14BrNO2S/c1-16-12-4-3-10(5-13(12)17-2)15-6-9-7-18-8-11(9)14/h3-5,7-8,15H,6H2,1-2H3. The van der Waals surface area contributed by atoms with E-state index in [-0.39, 0.29) is 0 Å². The molecule has 0 fully saturated rings. The molecule has 0 amide bonds. The number of anilines is 1. The van der Waals surface area contributed by atoms with Crippen molar-refractivity contribution in [2.45, 2.75) is 6.54 Å². The zero-order chi connectivity index (χ0) is 13.0. The number of thiophene rings is 1. The first-order valence-corrected chi connectivity index (χ1v) is 7.14. The van der Waals surface area contributed by atoms with E-state index in [1.807, 2.05) is 18.2 Å². The molecule has 1 heterocycles. The van der Waals surface area contributed by atoms with Crippen molar-refractivity contribution >= 4 is 33.0 Å². The first-order chi connectivity index (χ1) is 8.74. The predicted molar refractivity (Wildman–Crippen MR) is 78.9 cm³/mol. The number of methoxy groups -OCH3 is 2. The minimum atomic E-state index is 0.729. The summed E-state index contributed by atoms with van der Waals surface area (Å²) in [6.45, 7) is 0.777. The second-order valence-electron chi connectivity index (χ2n) is 3.67. The quantitative estimate of drug-likeness (QED) is 0.895. The molecule has 0 saturated carbocycles. The van der Waals surface area contributed by atoms with Gasteiger partial charge in [-0.1, -0.05) is 0 Å². The summed E-state index contributed by atoms with van der Waals surface area (Å²) in [6, 6.07) is 5.80. The molecular formula is C13H14BrNO2S. The Balaban J connectivity index is 2.08. The van der Waals surface area contributed by atoms with E-state index in [1.165, 1.54) is 5.56 Å². The van der Waals surface area contributed by atoms with Crippen LogP contribution in [0.5, 0.6) is 11.5 Å². The Hall–Kier alpha value is -1.20. The van der Waals surface area contributed by atoms with Gasteiger partial charge in [0.15, 0.2) is 11.5 Å². The molecule has 5 heteroatoms. The van der Waals surface area contributed by atoms with Gasteiger partial charge in [-0.15, -0.1) is 0 Å². The van der Waals surface area contributed by atoms with Crippen LogP contribution in [0.15, 0.2) is 33.4 Å². The number of rotatable bonds is 5. The lowest BCUT2D eigenvalue weighted by Crippen LogP contribution is -1.99. The molecule has 0 bridgehead atoms. The van der Waals surface area contributed by atoms with Crippen molar-refractivity contribution in [2.24, 2.45) is 0 Å². The Kier molecular flexibility index (Phi) is 4.49. The fourth-order valence-corrected chi connectivity index (χ4v) is 3.02. The SMILES string of the molecule is COc1ccc(NCc2cscc2Br)cc1OC. The molecule has 1 aromatic carbocycles. The number of ether oxygens (including phenoxy) is 2. The van der Waals surface area contributed by atoms with Crippen LogP contribution in [-0.2, 0) is 6.54 Å². The molecule has 0 aliphatic rings. The van der Waals surface area contributed by atoms with Gasteiger partial charge in [-0.05, 0) is 39.0 Å². The average Bonchev–Trinajstić information content (AvgIpc) is 2.81. The van der Waals surface area contributed by atoms with E-state index in [2.05, 4.69) is 32.0 Å². The van der Waals surface area contributed by atoms with Gasteiger partial charge in [-0.3, -0.25) is 0 Å².